The molecule has 0 radical (unpaired) electrons. The third kappa shape index (κ3) is 25.5. The van der Waals surface area contributed by atoms with Crippen molar-refractivity contribution in [1.29, 1.82) is 0 Å². The van der Waals surface area contributed by atoms with Gasteiger partial charge in [0.2, 0.25) is 0 Å². The quantitative estimate of drug-likeness (QED) is 0.0502. The first-order valence-corrected chi connectivity index (χ1v) is 61.0. The van der Waals surface area contributed by atoms with Gasteiger partial charge in [-0.05, 0) is 212 Å². The number of methoxy groups -OCH3 is 1. The maximum absolute atomic E-state index is 13.2. The van der Waals surface area contributed by atoms with Crippen LogP contribution < -0.4 is 4.31 Å². The van der Waals surface area contributed by atoms with Crippen LogP contribution in [0, 0.1) is 42.2 Å². The molecule has 6 spiro atoms. The first-order valence-electron chi connectivity index (χ1n) is 45.9. The normalized spacial score (nSPS) is 19.9. The smallest absolute Gasteiger partial charge is 0.354 e. The van der Waals surface area contributed by atoms with E-state index < -0.39 is 247 Å². The number of halogens is 7. The number of pyridine rings is 1. The van der Waals surface area contributed by atoms with Gasteiger partial charge in [0.25, 0.3) is 44.7 Å². The van der Waals surface area contributed by atoms with Crippen LogP contribution in [0.25, 0.3) is 0 Å². The molecule has 31 nitrogen and oxygen atoms in total. The minimum atomic E-state index is -3.70. The summed E-state index contributed by atoms with van der Waals surface area (Å²) < 4.78 is 105. The molecule has 6 saturated heterocycles. The van der Waals surface area contributed by atoms with Crippen molar-refractivity contribution in [3.05, 3.63) is 253 Å². The molecule has 39 heteroatoms. The van der Waals surface area contributed by atoms with Crippen LogP contribution >= 0.6 is 140 Å². The average molecular weight is 2700 g/mol. The molecule has 7 aromatic carbocycles. The lowest BCUT2D eigenvalue weighted by Crippen LogP contribution is -2.48. The number of benzene rings is 7. The van der Waals surface area contributed by atoms with Crippen molar-refractivity contribution < 1.29 is 137 Å². The molecule has 746 valence electrons. The van der Waals surface area contributed by atoms with E-state index in [1.807, 2.05) is 99.6 Å². The van der Waals surface area contributed by atoms with E-state index >= 15 is 0 Å². The first-order chi connectivity index (χ1) is 68.1. The number of fused-ring (bicyclic) bond motifs is 1. The number of carbonyl (C=O) groups is 14. The minimum Gasteiger partial charge on any atom is -0.465 e. The zero-order chi connectivity index (χ0) is 100. The number of aryl methyl sites for hydroxylation is 3. The Labute approximate surface area is 885 Å². The fourth-order valence-electron chi connectivity index (χ4n) is 17.5. The molecule has 0 unspecified atom stereocenters. The van der Waals surface area contributed by atoms with Crippen LogP contribution in [0.5, 0.6) is 0 Å². The van der Waals surface area contributed by atoms with Crippen LogP contribution in [0.2, 0.25) is 0 Å². The molecule has 8 aromatic rings. The molecule has 7 aliphatic heterocycles. The van der Waals surface area contributed by atoms with E-state index in [4.69, 9.17) is 56.8 Å². The number of sulfonamides is 1. The maximum Gasteiger partial charge on any atom is 0.354 e. The number of esters is 13. The molecular formula is C103H95BrI6N2O29S. The van der Waals surface area contributed by atoms with Crippen molar-refractivity contribution in [3.8, 4) is 0 Å². The van der Waals surface area contributed by atoms with E-state index in [0.717, 1.165) is 125 Å². The lowest BCUT2D eigenvalue weighted by molar-refractivity contribution is -0.226. The van der Waals surface area contributed by atoms with Crippen LogP contribution in [0.1, 0.15) is 203 Å². The Morgan fingerprint density at radius 3 is 1.04 bits per heavy atom. The molecular weight excluding hydrogens is 2600 g/mol. The van der Waals surface area contributed by atoms with Gasteiger partial charge in [-0.1, -0.05) is 230 Å². The Bertz CT molecular complexity index is 6550. The molecule has 6 aliphatic carbocycles. The summed E-state index contributed by atoms with van der Waals surface area (Å²) in [6.07, 6.45) is 21.8. The summed E-state index contributed by atoms with van der Waals surface area (Å²) in [7, 11) is -2.40. The molecule has 0 amide bonds. The number of anilines is 1. The summed E-state index contributed by atoms with van der Waals surface area (Å²) in [5.41, 5.74) is 6.30. The Morgan fingerprint density at radius 1 is 0.331 bits per heavy atom. The highest BCUT2D eigenvalue weighted by Gasteiger charge is 2.55. The number of hydrogen-bond acceptors (Lipinski definition) is 30. The number of ether oxygens (including phenoxy) is 13. The monoisotopic (exact) mass is 2700 g/mol. The topological polar surface area (TPSA) is 409 Å². The van der Waals surface area contributed by atoms with Gasteiger partial charge in [0.1, 0.15) is 0 Å². The number of ketones is 1. The van der Waals surface area contributed by atoms with Gasteiger partial charge in [-0.25, -0.2) is 70.7 Å². The fraction of sp³-hybridized carbons (Fsp3) is 0.350. The first kappa shape index (κ1) is 105. The van der Waals surface area contributed by atoms with E-state index in [0.29, 0.717) is 112 Å². The zero-order valence-corrected chi connectivity index (χ0v) is 92.4. The predicted molar refractivity (Wildman–Crippen MR) is 571 cm³/mol. The molecule has 21 rings (SSSR count). The van der Waals surface area contributed by atoms with Gasteiger partial charge in [-0.3, -0.25) is 14.1 Å². The molecule has 0 N–H and O–H groups in total. The van der Waals surface area contributed by atoms with Crippen molar-refractivity contribution in [1.82, 2.24) is 4.98 Å². The highest BCUT2D eigenvalue weighted by molar-refractivity contribution is 14.2. The second-order valence-corrected chi connectivity index (χ2v) is 54.8. The van der Waals surface area contributed by atoms with Crippen LogP contribution in [0.3, 0.4) is 0 Å². The number of hydrogen-bond donors (Lipinski definition) is 0. The largest absolute Gasteiger partial charge is 0.465 e. The maximum atomic E-state index is 13.2. The van der Waals surface area contributed by atoms with Gasteiger partial charge in [0.05, 0.1) is 23.3 Å². The van der Waals surface area contributed by atoms with E-state index in [-0.39, 0.29) is 31.7 Å². The van der Waals surface area contributed by atoms with Gasteiger partial charge in [-0.15, -0.1) is 0 Å². The fourth-order valence-corrected chi connectivity index (χ4v) is 33.0. The van der Waals surface area contributed by atoms with Gasteiger partial charge < -0.3 is 61.6 Å². The summed E-state index contributed by atoms with van der Waals surface area (Å²) in [5.74, 6) is -13.0. The average Bonchev–Trinajstić information content (AvgIpc) is 1.60. The van der Waals surface area contributed by atoms with Gasteiger partial charge in [-0.2, -0.15) is 0 Å². The lowest BCUT2D eigenvalue weighted by atomic mass is 10.0. The lowest BCUT2D eigenvalue weighted by Gasteiger charge is -2.32. The molecule has 0 atom stereocenters. The summed E-state index contributed by atoms with van der Waals surface area (Å²) in [6.45, 7) is 6.23. The third-order valence-electron chi connectivity index (χ3n) is 24.4. The predicted octanol–water partition coefficient (Wildman–Crippen LogP) is 17.1. The molecule has 12 fully saturated rings. The SMILES string of the molecule is COC(=O)c1cccc(I=C2C(=O)OC3(CCCC3)OC2=O)c1.Cc1cc(Br)cc(I=C2C(=O)OC3(CCCC3)OC2=O)c1.Cc1ccc(S(=O)(=O)N2CCc3ccc(I=C4C(=O)OC5(CCCC5)OC4=O)cc32)cc1.Cc1cccc(I=C2C(=O)OC3(CCCC3)OC2=O)c1.O=C1OC2(CCCC2)OC(=O)C1=Ic1ccc(C(=O)c2ccccc2)cc1.O=C1OC2(CCCC2)OC(=O)C1=Ic1cccnc1. The molecule has 13 aliphatic rings. The Balaban J connectivity index is 0.000000124. The van der Waals surface area contributed by atoms with E-state index in [1.54, 1.807) is 109 Å². The second-order valence-electron chi connectivity index (χ2n) is 34.9. The standard InChI is InChI=1S/C23H22INO6S.C21H17IO5.C16H15IO6.C15H14BrIO4.C15H15IO4.C13H12INO4/c1-15-4-8-18(9-5-15)32(28,29)25-13-10-16-6-7-17(14-19(16)25)24-20-21(26)30-23(31-22(20)27)11-2-3-12-23;23-18(14-6-2-1-3-7-14)15-8-10-16(11-9-15)22-17-19(24)26-21(27-20(17)25)12-4-5-13-21;1-21-13(18)10-5-4-6-11(9-10)17-12-14(19)22-16(23-15(12)20)7-2-3-8-16;1-9-6-10(16)8-11(7-9)17-12-13(18)20-15(21-14(12)19)4-2-3-5-15;1-10-5-4-6-11(9-10)16-12-13(17)19-15(20-14(12)18)7-2-3-8-15;16-11-10(14-9-4-3-7-15-8-9)12(17)19-13(18-11)5-1-2-6-13/h4-9,14H,2-3,10-13H2,1H3;1-3,6-11H,4-5,12-13H2;4-6,9H,2-3,7-8H2,1H3;6-8H,2-5H2,1H3;4-6,9H,2-3,7-8H2,1H3;3-4,7-8H,1-2,5-6H2. The minimum absolute atomic E-state index is 0.0483. The number of rotatable bonds is 11. The Hall–Kier alpha value is -9.70. The molecule has 0 bridgehead atoms. The Morgan fingerprint density at radius 2 is 0.662 bits per heavy atom. The third-order valence-corrected chi connectivity index (χ3v) is 43.0. The number of carbonyl (C=O) groups excluding carboxylic acids is 14. The van der Waals surface area contributed by atoms with Crippen LogP contribution in [0.4, 0.5) is 5.69 Å². The molecule has 142 heavy (non-hydrogen) atoms. The van der Waals surface area contributed by atoms with Crippen LogP contribution in [0.15, 0.2) is 198 Å². The van der Waals surface area contributed by atoms with Crippen LogP contribution in [-0.2, 0) is 136 Å². The zero-order valence-electron chi connectivity index (χ0n) is 77.1. The summed E-state index contributed by atoms with van der Waals surface area (Å²) in [6, 6.07) is 52.5. The van der Waals surface area contributed by atoms with Gasteiger partial charge in [0, 0.05) is 133 Å². The molecule has 6 saturated carbocycles. The van der Waals surface area contributed by atoms with Gasteiger partial charge in [0.15, 0.2) is 26.8 Å². The summed E-state index contributed by atoms with van der Waals surface area (Å²) in [5, 5.41) is 0. The van der Waals surface area contributed by atoms with E-state index in [9.17, 15) is 75.5 Å². The summed E-state index contributed by atoms with van der Waals surface area (Å²) in [4.78, 5) is 175. The highest BCUT2D eigenvalue weighted by atomic mass is 127. The van der Waals surface area contributed by atoms with Crippen LogP contribution in [-0.4, -0.2) is 166 Å². The van der Waals surface area contributed by atoms with E-state index in [1.165, 1.54) is 11.4 Å². The number of aromatic nitrogens is 1. The summed E-state index contributed by atoms with van der Waals surface area (Å²) >= 11 is -2.55. The van der Waals surface area contributed by atoms with Crippen molar-refractivity contribution in [2.75, 3.05) is 18.0 Å². The number of nitrogens with zero attached hydrogens (tertiary/aromatic N) is 2. The second kappa shape index (κ2) is 45.9. The Kier molecular flexibility index (Phi) is 34.0. The van der Waals surface area contributed by atoms with Crippen molar-refractivity contribution in [3.63, 3.8) is 0 Å². The van der Waals surface area contributed by atoms with E-state index in [2.05, 4.69) is 25.7 Å². The van der Waals surface area contributed by atoms with Gasteiger partial charge >= 0.3 is 77.6 Å². The molecule has 8 heterocycles. The highest BCUT2D eigenvalue weighted by Crippen LogP contribution is 2.46. The molecule has 1 aromatic heterocycles. The van der Waals surface area contributed by atoms with Crippen molar-refractivity contribution in [2.45, 2.75) is 221 Å². The van der Waals surface area contributed by atoms with Crippen molar-refractivity contribution in [2.24, 2.45) is 0 Å². The van der Waals surface area contributed by atoms with Crippen molar-refractivity contribution >= 4 is 260 Å².